The van der Waals surface area contributed by atoms with Crippen LogP contribution in [0.25, 0.3) is 0 Å². The molecular weight excluding hydrogens is 536 g/mol. The molecule has 196 valence electrons. The van der Waals surface area contributed by atoms with Crippen LogP contribution in [0.1, 0.15) is 58.5 Å². The summed E-state index contributed by atoms with van der Waals surface area (Å²) in [6.07, 6.45) is 6.84. The summed E-state index contributed by atoms with van der Waals surface area (Å²) in [5, 5.41) is 22.4. The lowest BCUT2D eigenvalue weighted by Crippen LogP contribution is -2.29. The molecule has 5 rings (SSSR count). The number of nitrogens with zero attached hydrogens (tertiary/aromatic N) is 2. The monoisotopic (exact) mass is 562 g/mol. The molecule has 3 aromatic rings. The quantitative estimate of drug-likeness (QED) is 0.316. The number of nitrogens with one attached hydrogen (secondary N) is 1. The second-order valence-electron chi connectivity index (χ2n) is 9.66. The van der Waals surface area contributed by atoms with Gasteiger partial charge in [0.25, 0.3) is 0 Å². The van der Waals surface area contributed by atoms with Crippen molar-refractivity contribution in [2.75, 3.05) is 11.9 Å². The Morgan fingerprint density at radius 2 is 2.05 bits per heavy atom. The van der Waals surface area contributed by atoms with E-state index >= 15 is 0 Å². The molecule has 2 saturated carbocycles. The van der Waals surface area contributed by atoms with Gasteiger partial charge in [0.15, 0.2) is 0 Å². The van der Waals surface area contributed by atoms with Crippen molar-refractivity contribution >= 4 is 44.8 Å². The number of benzene rings is 1. The van der Waals surface area contributed by atoms with Gasteiger partial charge in [-0.3, -0.25) is 8.98 Å². The molecule has 3 atom stereocenters. The zero-order valence-corrected chi connectivity index (χ0v) is 22.2. The molecule has 0 bridgehead atoms. The Balaban J connectivity index is 1.34. The highest BCUT2D eigenvalue weighted by molar-refractivity contribution is 7.84. The number of carbonyl (C=O) groups excluding carboxylic acids is 1. The highest BCUT2D eigenvalue weighted by Gasteiger charge is 2.47. The number of halogens is 1. The first-order valence-corrected chi connectivity index (χ1v) is 14.7. The molecule has 0 amide bonds. The summed E-state index contributed by atoms with van der Waals surface area (Å²) in [4.78, 5) is 22.4. The minimum absolute atomic E-state index is 0.00258. The van der Waals surface area contributed by atoms with E-state index in [1.165, 1.54) is 23.9 Å². The fourth-order valence-corrected chi connectivity index (χ4v) is 6.49. The first-order valence-electron chi connectivity index (χ1n) is 12.0. The van der Waals surface area contributed by atoms with Crippen molar-refractivity contribution < 1.29 is 22.5 Å². The molecule has 0 spiro atoms. The van der Waals surface area contributed by atoms with Gasteiger partial charge in [-0.1, -0.05) is 23.7 Å². The van der Waals surface area contributed by atoms with E-state index in [4.69, 9.17) is 20.9 Å². The van der Waals surface area contributed by atoms with Crippen molar-refractivity contribution in [2.24, 2.45) is 17.0 Å². The molecule has 4 N–H and O–H groups in total. The van der Waals surface area contributed by atoms with E-state index < -0.39 is 15.9 Å². The first kappa shape index (κ1) is 26.2. The minimum Gasteiger partial charge on any atom is -0.380 e. The van der Waals surface area contributed by atoms with Gasteiger partial charge in [0, 0.05) is 17.3 Å². The van der Waals surface area contributed by atoms with E-state index in [1.807, 2.05) is 17.5 Å². The standard InChI is InChI=1S/C25H27ClN4O5S2/c26-19-3-1-2-17(9-19)25(32,16-5-6-16)18-10-22(36-13-18)23(31)21-11-28-14-29-24(21)30-20-7-4-15(8-20)12-35-37(27,33)34/h1-3,9-11,13-16,20,32H,4-8,12H2,(H2,27,33,34)(H,28,29,30)/t15-,20+,25?/m1/s1. The number of nitrogens with two attached hydrogens (primary N) is 1. The number of ketones is 1. The largest absolute Gasteiger partial charge is 0.380 e. The van der Waals surface area contributed by atoms with Gasteiger partial charge in [0.1, 0.15) is 17.7 Å². The van der Waals surface area contributed by atoms with Crippen molar-refractivity contribution in [1.82, 2.24) is 9.97 Å². The minimum atomic E-state index is -3.98. The normalized spacial score (nSPS) is 21.5. The molecule has 12 heteroatoms. The van der Waals surface area contributed by atoms with Gasteiger partial charge < -0.3 is 10.4 Å². The van der Waals surface area contributed by atoms with Gasteiger partial charge in [-0.25, -0.2) is 15.1 Å². The smallest absolute Gasteiger partial charge is 0.333 e. The topological polar surface area (TPSA) is 144 Å². The fourth-order valence-electron chi connectivity index (χ4n) is 5.01. The lowest BCUT2D eigenvalue weighted by molar-refractivity contribution is 0.0568. The summed E-state index contributed by atoms with van der Waals surface area (Å²) < 4.78 is 26.9. The van der Waals surface area contributed by atoms with Gasteiger partial charge >= 0.3 is 10.3 Å². The molecule has 1 aromatic carbocycles. The number of hydrogen-bond acceptors (Lipinski definition) is 9. The molecule has 2 aliphatic rings. The summed E-state index contributed by atoms with van der Waals surface area (Å²) in [5.74, 6) is 0.272. The van der Waals surface area contributed by atoms with Crippen LogP contribution in [-0.4, -0.2) is 41.9 Å². The number of rotatable bonds is 10. The number of aromatic nitrogens is 2. The van der Waals surface area contributed by atoms with Crippen molar-refractivity contribution in [3.63, 3.8) is 0 Å². The molecule has 9 nitrogen and oxygen atoms in total. The van der Waals surface area contributed by atoms with Gasteiger partial charge in [-0.05, 0) is 78.6 Å². The summed E-state index contributed by atoms with van der Waals surface area (Å²) in [6.45, 7) is 0.0288. The van der Waals surface area contributed by atoms with E-state index in [1.54, 1.807) is 18.2 Å². The molecule has 2 fully saturated rings. The summed E-state index contributed by atoms with van der Waals surface area (Å²) >= 11 is 7.48. The van der Waals surface area contributed by atoms with E-state index in [9.17, 15) is 18.3 Å². The molecule has 2 heterocycles. The molecule has 0 saturated heterocycles. The lowest BCUT2D eigenvalue weighted by Gasteiger charge is -2.28. The number of thiophene rings is 1. The zero-order valence-electron chi connectivity index (χ0n) is 19.8. The van der Waals surface area contributed by atoms with Gasteiger partial charge in [-0.15, -0.1) is 11.3 Å². The van der Waals surface area contributed by atoms with Gasteiger partial charge in [0.05, 0.1) is 17.0 Å². The fraction of sp³-hybridized carbons (Fsp3) is 0.400. The Kier molecular flexibility index (Phi) is 7.36. The number of carbonyl (C=O) groups is 1. The third kappa shape index (κ3) is 5.87. The highest BCUT2D eigenvalue weighted by atomic mass is 35.5. The van der Waals surface area contributed by atoms with Crippen molar-refractivity contribution in [3.8, 4) is 0 Å². The summed E-state index contributed by atoms with van der Waals surface area (Å²) in [6, 6.07) is 8.97. The average Bonchev–Trinajstić information content (AvgIpc) is 3.43. The molecule has 0 aliphatic heterocycles. The van der Waals surface area contributed by atoms with Crippen LogP contribution in [0.15, 0.2) is 48.2 Å². The van der Waals surface area contributed by atoms with Crippen LogP contribution in [0.2, 0.25) is 5.02 Å². The van der Waals surface area contributed by atoms with Gasteiger partial charge in [0.2, 0.25) is 5.78 Å². The maximum atomic E-state index is 13.5. The van der Waals surface area contributed by atoms with Crippen LogP contribution in [0.4, 0.5) is 5.82 Å². The SMILES string of the molecule is NS(=O)(=O)OC[C@@H]1CC[C@H](Nc2ncncc2C(=O)c2cc(C(O)(c3cccc(Cl)c3)C3CC3)cs2)C1. The van der Waals surface area contributed by atoms with Crippen LogP contribution in [0, 0.1) is 11.8 Å². The Labute approximate surface area is 224 Å². The van der Waals surface area contributed by atoms with Crippen LogP contribution < -0.4 is 10.5 Å². The van der Waals surface area contributed by atoms with Crippen molar-refractivity contribution in [2.45, 2.75) is 43.7 Å². The maximum Gasteiger partial charge on any atom is 0.333 e. The second-order valence-corrected chi connectivity index (χ2v) is 12.2. The van der Waals surface area contributed by atoms with Crippen LogP contribution in [-0.2, 0) is 20.1 Å². The van der Waals surface area contributed by atoms with E-state index in [0.717, 1.165) is 25.7 Å². The number of hydrogen-bond donors (Lipinski definition) is 3. The van der Waals surface area contributed by atoms with Crippen LogP contribution >= 0.6 is 22.9 Å². The Bertz CT molecular complexity index is 1410. The van der Waals surface area contributed by atoms with E-state index in [0.29, 0.717) is 38.8 Å². The lowest BCUT2D eigenvalue weighted by atomic mass is 9.83. The molecule has 0 radical (unpaired) electrons. The third-order valence-corrected chi connectivity index (χ3v) is 8.63. The van der Waals surface area contributed by atoms with Crippen molar-refractivity contribution in [1.29, 1.82) is 0 Å². The third-order valence-electron chi connectivity index (χ3n) is 7.00. The summed E-state index contributed by atoms with van der Waals surface area (Å²) in [5.41, 5.74) is 0.502. The molecular formula is C25H27ClN4O5S2. The van der Waals surface area contributed by atoms with E-state index in [-0.39, 0.29) is 30.3 Å². The van der Waals surface area contributed by atoms with Crippen LogP contribution in [0.5, 0.6) is 0 Å². The second kappa shape index (κ2) is 10.4. The first-order chi connectivity index (χ1) is 17.6. The summed E-state index contributed by atoms with van der Waals surface area (Å²) in [7, 11) is -3.98. The average molecular weight is 563 g/mol. The number of aliphatic hydroxyl groups is 1. The van der Waals surface area contributed by atoms with Crippen LogP contribution in [0.3, 0.4) is 0 Å². The Morgan fingerprint density at radius 3 is 2.78 bits per heavy atom. The maximum absolute atomic E-state index is 13.5. The predicted molar refractivity (Wildman–Crippen MR) is 141 cm³/mol. The molecule has 37 heavy (non-hydrogen) atoms. The highest BCUT2D eigenvalue weighted by Crippen LogP contribution is 2.51. The molecule has 2 aliphatic carbocycles. The predicted octanol–water partition coefficient (Wildman–Crippen LogP) is 3.87. The zero-order chi connectivity index (χ0) is 26.2. The van der Waals surface area contributed by atoms with E-state index in [2.05, 4.69) is 15.3 Å². The Morgan fingerprint density at radius 1 is 1.24 bits per heavy atom. The van der Waals surface area contributed by atoms with Crippen molar-refractivity contribution in [3.05, 3.63) is 74.8 Å². The number of anilines is 1. The Hall–Kier alpha value is -2.41. The van der Waals surface area contributed by atoms with Gasteiger partial charge in [-0.2, -0.15) is 8.42 Å². The molecule has 2 aromatic heterocycles. The molecule has 1 unspecified atom stereocenters.